The van der Waals surface area contributed by atoms with Gasteiger partial charge in [-0.3, -0.25) is 9.59 Å². The SMILES string of the molecule is COc1ccc(/C(O)=C2/C(=O)C(=O)N(Cc3ccccc3OC)C2c2cccc(C)c2)cc1Cl. The van der Waals surface area contributed by atoms with Crippen LogP contribution in [-0.4, -0.2) is 35.9 Å². The molecule has 0 saturated carbocycles. The molecule has 1 aliphatic heterocycles. The van der Waals surface area contributed by atoms with Crippen LogP contribution in [-0.2, 0) is 16.1 Å². The van der Waals surface area contributed by atoms with Gasteiger partial charge < -0.3 is 19.5 Å². The number of ether oxygens (including phenoxy) is 2. The molecule has 1 saturated heterocycles. The number of para-hydroxylation sites is 1. The number of benzene rings is 3. The van der Waals surface area contributed by atoms with Gasteiger partial charge in [0.2, 0.25) is 0 Å². The maximum atomic E-state index is 13.3. The van der Waals surface area contributed by atoms with E-state index in [1.165, 1.54) is 18.1 Å². The minimum Gasteiger partial charge on any atom is -0.507 e. The van der Waals surface area contributed by atoms with Crippen molar-refractivity contribution in [1.82, 2.24) is 4.90 Å². The Hall–Kier alpha value is -3.77. The third kappa shape index (κ3) is 4.24. The number of amides is 1. The minimum absolute atomic E-state index is 0.00623. The zero-order valence-corrected chi connectivity index (χ0v) is 19.8. The number of carbonyl (C=O) groups excluding carboxylic acids is 2. The van der Waals surface area contributed by atoms with Crippen LogP contribution in [0.3, 0.4) is 0 Å². The average molecular weight is 478 g/mol. The molecule has 0 aliphatic carbocycles. The van der Waals surface area contributed by atoms with Crippen LogP contribution >= 0.6 is 11.6 Å². The van der Waals surface area contributed by atoms with Crippen molar-refractivity contribution >= 4 is 29.1 Å². The first kappa shape index (κ1) is 23.4. The van der Waals surface area contributed by atoms with Crippen molar-refractivity contribution in [2.45, 2.75) is 19.5 Å². The van der Waals surface area contributed by atoms with Gasteiger partial charge in [-0.1, -0.05) is 59.6 Å². The summed E-state index contributed by atoms with van der Waals surface area (Å²) in [6.07, 6.45) is 0. The molecule has 1 amide bonds. The van der Waals surface area contributed by atoms with Gasteiger partial charge >= 0.3 is 0 Å². The van der Waals surface area contributed by atoms with Crippen LogP contribution in [0.5, 0.6) is 11.5 Å². The number of likely N-dealkylation sites (tertiary alicyclic amines) is 1. The van der Waals surface area contributed by atoms with Crippen molar-refractivity contribution < 1.29 is 24.2 Å². The van der Waals surface area contributed by atoms with Gasteiger partial charge in [-0.25, -0.2) is 0 Å². The van der Waals surface area contributed by atoms with Crippen molar-refractivity contribution in [3.63, 3.8) is 0 Å². The lowest BCUT2D eigenvalue weighted by Crippen LogP contribution is -2.29. The summed E-state index contributed by atoms with van der Waals surface area (Å²) in [7, 11) is 3.04. The summed E-state index contributed by atoms with van der Waals surface area (Å²) < 4.78 is 10.6. The molecule has 3 aromatic rings. The Morgan fingerprint density at radius 1 is 0.971 bits per heavy atom. The highest BCUT2D eigenvalue weighted by atomic mass is 35.5. The van der Waals surface area contributed by atoms with Crippen molar-refractivity contribution in [2.75, 3.05) is 14.2 Å². The first-order valence-corrected chi connectivity index (χ1v) is 11.0. The molecule has 1 unspecified atom stereocenters. The van der Waals surface area contributed by atoms with E-state index in [0.29, 0.717) is 17.1 Å². The van der Waals surface area contributed by atoms with E-state index in [-0.39, 0.29) is 22.9 Å². The molecule has 34 heavy (non-hydrogen) atoms. The lowest BCUT2D eigenvalue weighted by Gasteiger charge is -2.26. The normalized spacial score (nSPS) is 17.2. The number of aliphatic hydroxyl groups is 1. The predicted octanol–water partition coefficient (Wildman–Crippen LogP) is 5.29. The number of nitrogens with zero attached hydrogens (tertiary/aromatic N) is 1. The lowest BCUT2D eigenvalue weighted by atomic mass is 9.94. The topological polar surface area (TPSA) is 76.1 Å². The molecule has 0 bridgehead atoms. The second kappa shape index (κ2) is 9.61. The number of methoxy groups -OCH3 is 2. The van der Waals surface area contributed by atoms with E-state index in [9.17, 15) is 14.7 Å². The molecular weight excluding hydrogens is 454 g/mol. The summed E-state index contributed by atoms with van der Waals surface area (Å²) >= 11 is 6.25. The van der Waals surface area contributed by atoms with Crippen LogP contribution in [0.25, 0.3) is 5.76 Å². The fourth-order valence-corrected chi connectivity index (χ4v) is 4.47. The third-order valence-corrected chi connectivity index (χ3v) is 6.15. The highest BCUT2D eigenvalue weighted by Gasteiger charge is 2.46. The second-order valence-corrected chi connectivity index (χ2v) is 8.41. The van der Waals surface area contributed by atoms with E-state index in [2.05, 4.69) is 0 Å². The van der Waals surface area contributed by atoms with Gasteiger partial charge in [0.25, 0.3) is 11.7 Å². The van der Waals surface area contributed by atoms with Gasteiger partial charge in [-0.2, -0.15) is 0 Å². The van der Waals surface area contributed by atoms with Crippen LogP contribution < -0.4 is 9.47 Å². The molecule has 1 atom stereocenters. The Kier molecular flexibility index (Phi) is 6.61. The van der Waals surface area contributed by atoms with E-state index >= 15 is 0 Å². The zero-order chi connectivity index (χ0) is 24.4. The molecule has 1 heterocycles. The van der Waals surface area contributed by atoms with E-state index in [1.807, 2.05) is 49.4 Å². The number of aryl methyl sites for hydroxylation is 1. The maximum absolute atomic E-state index is 13.3. The van der Waals surface area contributed by atoms with Gasteiger partial charge in [0.1, 0.15) is 17.3 Å². The predicted molar refractivity (Wildman–Crippen MR) is 130 cm³/mol. The number of aliphatic hydroxyl groups excluding tert-OH is 1. The number of rotatable bonds is 6. The Morgan fingerprint density at radius 3 is 2.38 bits per heavy atom. The van der Waals surface area contributed by atoms with Crippen LogP contribution in [0.2, 0.25) is 5.02 Å². The molecular formula is C27H24ClNO5. The second-order valence-electron chi connectivity index (χ2n) is 8.00. The van der Waals surface area contributed by atoms with Gasteiger partial charge in [-0.05, 0) is 36.8 Å². The molecule has 4 rings (SSSR count). The highest BCUT2D eigenvalue weighted by Crippen LogP contribution is 2.41. The minimum atomic E-state index is -0.786. The van der Waals surface area contributed by atoms with E-state index in [1.54, 1.807) is 25.3 Å². The van der Waals surface area contributed by atoms with Crippen LogP contribution in [0.4, 0.5) is 0 Å². The van der Waals surface area contributed by atoms with Crippen molar-refractivity contribution in [1.29, 1.82) is 0 Å². The van der Waals surface area contributed by atoms with Crippen molar-refractivity contribution in [3.8, 4) is 11.5 Å². The molecule has 3 aromatic carbocycles. The molecule has 0 spiro atoms. The summed E-state index contributed by atoms with van der Waals surface area (Å²) in [6.45, 7) is 2.06. The van der Waals surface area contributed by atoms with Crippen molar-refractivity contribution in [2.24, 2.45) is 0 Å². The summed E-state index contributed by atoms with van der Waals surface area (Å²) in [4.78, 5) is 28.0. The van der Waals surface area contributed by atoms with Crippen LogP contribution in [0, 0.1) is 6.92 Å². The maximum Gasteiger partial charge on any atom is 0.295 e. The summed E-state index contributed by atoms with van der Waals surface area (Å²) in [5, 5.41) is 11.5. The third-order valence-electron chi connectivity index (χ3n) is 5.86. The molecule has 174 valence electrons. The highest BCUT2D eigenvalue weighted by molar-refractivity contribution is 6.46. The van der Waals surface area contributed by atoms with Gasteiger partial charge in [-0.15, -0.1) is 0 Å². The molecule has 1 aliphatic rings. The molecule has 7 heteroatoms. The van der Waals surface area contributed by atoms with Crippen molar-refractivity contribution in [3.05, 3.63) is 99.6 Å². The first-order valence-electron chi connectivity index (χ1n) is 10.7. The standard InChI is InChI=1S/C27H24ClNO5/c1-16-7-6-9-17(13-16)24-23(25(30)18-11-12-22(34-3)20(28)14-18)26(31)27(32)29(24)15-19-8-4-5-10-21(19)33-2/h4-14,24,30H,15H2,1-3H3/b25-23-. The monoisotopic (exact) mass is 477 g/mol. The van der Waals surface area contributed by atoms with E-state index in [4.69, 9.17) is 21.1 Å². The smallest absolute Gasteiger partial charge is 0.295 e. The number of ketones is 1. The molecule has 6 nitrogen and oxygen atoms in total. The van der Waals surface area contributed by atoms with E-state index < -0.39 is 17.7 Å². The largest absolute Gasteiger partial charge is 0.507 e. The molecule has 1 fully saturated rings. The number of Topliss-reactive ketones (excluding diaryl/α,β-unsaturated/α-hetero) is 1. The van der Waals surface area contributed by atoms with Crippen LogP contribution in [0.1, 0.15) is 28.3 Å². The fraction of sp³-hybridized carbons (Fsp3) is 0.185. The number of carbonyl (C=O) groups is 2. The lowest BCUT2D eigenvalue weighted by molar-refractivity contribution is -0.140. The van der Waals surface area contributed by atoms with Crippen LogP contribution in [0.15, 0.2) is 72.3 Å². The van der Waals surface area contributed by atoms with Gasteiger partial charge in [0.15, 0.2) is 0 Å². The Balaban J connectivity index is 1.88. The molecule has 0 radical (unpaired) electrons. The zero-order valence-electron chi connectivity index (χ0n) is 19.0. The Bertz CT molecular complexity index is 1300. The first-order chi connectivity index (χ1) is 16.3. The van der Waals surface area contributed by atoms with Gasteiger partial charge in [0, 0.05) is 11.1 Å². The Morgan fingerprint density at radius 2 is 1.71 bits per heavy atom. The summed E-state index contributed by atoms with van der Waals surface area (Å²) in [5.41, 5.74) is 2.76. The molecule has 1 N–H and O–H groups in total. The summed E-state index contributed by atoms with van der Waals surface area (Å²) in [5.74, 6) is -0.708. The number of halogens is 1. The number of hydrogen-bond acceptors (Lipinski definition) is 5. The Labute approximate surface area is 203 Å². The van der Waals surface area contributed by atoms with E-state index in [0.717, 1.165) is 16.7 Å². The van der Waals surface area contributed by atoms with Gasteiger partial charge in [0.05, 0.1) is 37.4 Å². The fourth-order valence-electron chi connectivity index (χ4n) is 4.22. The number of hydrogen-bond donors (Lipinski definition) is 1. The quantitative estimate of drug-likeness (QED) is 0.296. The average Bonchev–Trinajstić information content (AvgIpc) is 3.08. The molecule has 0 aromatic heterocycles. The summed E-state index contributed by atoms with van der Waals surface area (Å²) in [6, 6.07) is 18.8.